The van der Waals surface area contributed by atoms with Gasteiger partial charge in [-0.1, -0.05) is 301 Å². The van der Waals surface area contributed by atoms with Crippen LogP contribution in [0.5, 0.6) is 0 Å². The van der Waals surface area contributed by atoms with Crippen LogP contribution in [0.2, 0.25) is 0 Å². The van der Waals surface area contributed by atoms with Gasteiger partial charge in [0, 0.05) is 12.8 Å². The van der Waals surface area contributed by atoms with E-state index >= 15 is 0 Å². The molecule has 0 aliphatic heterocycles. The first kappa shape index (κ1) is 65.1. The number of rotatable bonds is 56. The second-order valence-electron chi connectivity index (χ2n) is 20.4. The van der Waals surface area contributed by atoms with E-state index in [1.165, 1.54) is 244 Å². The molecule has 0 aromatic heterocycles. The van der Waals surface area contributed by atoms with Gasteiger partial charge in [0.1, 0.15) is 6.61 Å². The van der Waals surface area contributed by atoms with Crippen molar-refractivity contribution in [3.63, 3.8) is 0 Å². The lowest BCUT2D eigenvalue weighted by Gasteiger charge is -2.15. The van der Waals surface area contributed by atoms with Crippen molar-refractivity contribution in [1.29, 1.82) is 0 Å². The summed E-state index contributed by atoms with van der Waals surface area (Å²) in [6.45, 7) is 4.16. The van der Waals surface area contributed by atoms with Gasteiger partial charge in [-0.2, -0.15) is 0 Å². The highest BCUT2D eigenvalue weighted by molar-refractivity contribution is 5.70. The van der Waals surface area contributed by atoms with Gasteiger partial charge in [0.15, 0.2) is 6.10 Å². The fourth-order valence-electron chi connectivity index (χ4n) is 9.15. The standard InChI is InChI=1S/C62H116O5/c1-3-5-7-9-11-13-15-17-19-21-23-25-26-27-28-29-30-31-32-33-34-35-37-38-40-42-44-46-48-50-52-54-56-61(64)66-59-60(58-63)67-62(65)57-55-53-51-49-47-45-43-41-39-36-24-22-20-18-16-14-12-10-8-6-4-2/h16,18,22,24,39,41,60,63H,3-15,17,19-21,23,25-38,40,42-59H2,1-2H3/b18-16-,24-22-,41-39-. The SMILES string of the molecule is CCCCCCC/C=C\C/C=C\C/C=C\CCCCCCCCC(=O)OC(CO)COC(=O)CCCCCCCCCCCCCCCCCCCCCCCCCCCCCCCCCC. The number of hydrogen-bond acceptors (Lipinski definition) is 5. The molecule has 5 heteroatoms. The summed E-state index contributed by atoms with van der Waals surface area (Å²) in [7, 11) is 0. The smallest absolute Gasteiger partial charge is 0.306 e. The minimum absolute atomic E-state index is 0.0674. The molecule has 1 atom stereocenters. The van der Waals surface area contributed by atoms with E-state index in [1.54, 1.807) is 0 Å². The Hall–Kier alpha value is -1.88. The van der Waals surface area contributed by atoms with Crippen molar-refractivity contribution in [2.45, 2.75) is 335 Å². The molecule has 0 radical (unpaired) electrons. The molecule has 394 valence electrons. The van der Waals surface area contributed by atoms with E-state index < -0.39 is 6.10 Å². The lowest BCUT2D eigenvalue weighted by atomic mass is 10.0. The molecule has 0 spiro atoms. The van der Waals surface area contributed by atoms with E-state index in [-0.39, 0.29) is 25.2 Å². The lowest BCUT2D eigenvalue weighted by molar-refractivity contribution is -0.161. The number of esters is 2. The number of unbranched alkanes of at least 4 members (excludes halogenated alkanes) is 42. The van der Waals surface area contributed by atoms with E-state index in [1.807, 2.05) is 0 Å². The Morgan fingerprint density at radius 2 is 0.597 bits per heavy atom. The monoisotopic (exact) mass is 941 g/mol. The number of ether oxygens (including phenoxy) is 2. The Morgan fingerprint density at radius 1 is 0.343 bits per heavy atom. The molecule has 0 aliphatic carbocycles. The number of carbonyl (C=O) groups is 2. The molecule has 0 rings (SSSR count). The van der Waals surface area contributed by atoms with E-state index in [0.717, 1.165) is 57.8 Å². The topological polar surface area (TPSA) is 72.8 Å². The molecule has 0 saturated heterocycles. The molecule has 0 heterocycles. The summed E-state index contributed by atoms with van der Waals surface area (Å²) in [5.41, 5.74) is 0. The zero-order chi connectivity index (χ0) is 48.5. The summed E-state index contributed by atoms with van der Waals surface area (Å²) < 4.78 is 10.7. The van der Waals surface area contributed by atoms with Gasteiger partial charge < -0.3 is 14.6 Å². The van der Waals surface area contributed by atoms with Crippen LogP contribution in [-0.2, 0) is 19.1 Å². The van der Waals surface area contributed by atoms with Crippen LogP contribution in [0.3, 0.4) is 0 Å². The van der Waals surface area contributed by atoms with Crippen LogP contribution >= 0.6 is 0 Å². The maximum Gasteiger partial charge on any atom is 0.306 e. The van der Waals surface area contributed by atoms with Crippen LogP contribution in [0.15, 0.2) is 36.5 Å². The van der Waals surface area contributed by atoms with Gasteiger partial charge in [0.25, 0.3) is 0 Å². The lowest BCUT2D eigenvalue weighted by Crippen LogP contribution is -2.28. The minimum atomic E-state index is -0.778. The molecule has 5 nitrogen and oxygen atoms in total. The van der Waals surface area contributed by atoms with Crippen LogP contribution in [0.25, 0.3) is 0 Å². The Labute approximate surface area is 418 Å². The van der Waals surface area contributed by atoms with E-state index in [0.29, 0.717) is 12.8 Å². The number of hydrogen-bond donors (Lipinski definition) is 1. The summed E-state index contributed by atoms with van der Waals surface area (Å²) in [4.78, 5) is 24.5. The molecular formula is C62H116O5. The largest absolute Gasteiger partial charge is 0.462 e. The molecule has 1 unspecified atom stereocenters. The molecule has 0 aromatic rings. The summed E-state index contributed by atoms with van der Waals surface area (Å²) in [6.07, 6.45) is 75.7. The Bertz CT molecular complexity index is 1060. The first-order chi connectivity index (χ1) is 33.1. The van der Waals surface area contributed by atoms with Gasteiger partial charge >= 0.3 is 11.9 Å². The summed E-state index contributed by atoms with van der Waals surface area (Å²) >= 11 is 0. The zero-order valence-electron chi connectivity index (χ0n) is 45.2. The van der Waals surface area contributed by atoms with Crippen molar-refractivity contribution < 1.29 is 24.2 Å². The van der Waals surface area contributed by atoms with Crippen molar-refractivity contribution >= 4 is 11.9 Å². The highest BCUT2D eigenvalue weighted by atomic mass is 16.6. The highest BCUT2D eigenvalue weighted by Crippen LogP contribution is 2.18. The number of allylic oxidation sites excluding steroid dienone is 6. The van der Waals surface area contributed by atoms with Crippen LogP contribution < -0.4 is 0 Å². The third-order valence-electron chi connectivity index (χ3n) is 13.7. The fourth-order valence-corrected chi connectivity index (χ4v) is 9.15. The van der Waals surface area contributed by atoms with E-state index in [4.69, 9.17) is 9.47 Å². The third-order valence-corrected chi connectivity index (χ3v) is 13.7. The predicted molar refractivity (Wildman–Crippen MR) is 293 cm³/mol. The van der Waals surface area contributed by atoms with Gasteiger partial charge in [0.2, 0.25) is 0 Å². The quantitative estimate of drug-likeness (QED) is 0.0374. The summed E-state index contributed by atoms with van der Waals surface area (Å²) in [5, 5.41) is 9.65. The molecule has 0 aliphatic rings. The van der Waals surface area contributed by atoms with E-state index in [2.05, 4.69) is 50.3 Å². The van der Waals surface area contributed by atoms with Gasteiger partial charge in [0.05, 0.1) is 6.61 Å². The second kappa shape index (κ2) is 58.4. The van der Waals surface area contributed by atoms with Crippen LogP contribution in [-0.4, -0.2) is 36.4 Å². The maximum atomic E-state index is 12.3. The fraction of sp³-hybridized carbons (Fsp3) is 0.871. The van der Waals surface area contributed by atoms with Crippen LogP contribution in [0.4, 0.5) is 0 Å². The predicted octanol–water partition coefficient (Wildman–Crippen LogP) is 20.3. The Balaban J connectivity index is 3.42. The summed E-state index contributed by atoms with van der Waals surface area (Å²) in [6, 6.07) is 0. The van der Waals surface area contributed by atoms with Crippen LogP contribution in [0.1, 0.15) is 328 Å². The van der Waals surface area contributed by atoms with Crippen molar-refractivity contribution in [2.75, 3.05) is 13.2 Å². The molecular weight excluding hydrogens is 825 g/mol. The summed E-state index contributed by atoms with van der Waals surface area (Å²) in [5.74, 6) is -0.589. The Morgan fingerprint density at radius 3 is 0.896 bits per heavy atom. The number of aliphatic hydroxyl groups is 1. The molecule has 0 saturated carbocycles. The van der Waals surface area contributed by atoms with Gasteiger partial charge in [-0.25, -0.2) is 0 Å². The van der Waals surface area contributed by atoms with Gasteiger partial charge in [-0.3, -0.25) is 9.59 Å². The highest BCUT2D eigenvalue weighted by Gasteiger charge is 2.16. The maximum absolute atomic E-state index is 12.3. The van der Waals surface area contributed by atoms with Crippen LogP contribution in [0, 0.1) is 0 Å². The number of aliphatic hydroxyl groups excluding tert-OH is 1. The molecule has 67 heavy (non-hydrogen) atoms. The average Bonchev–Trinajstić information content (AvgIpc) is 3.33. The first-order valence-corrected chi connectivity index (χ1v) is 30.0. The third kappa shape index (κ3) is 56.6. The molecule has 0 amide bonds. The normalized spacial score (nSPS) is 12.3. The van der Waals surface area contributed by atoms with Gasteiger partial charge in [-0.15, -0.1) is 0 Å². The minimum Gasteiger partial charge on any atom is -0.462 e. The number of carbonyl (C=O) groups excluding carboxylic acids is 2. The molecule has 0 fully saturated rings. The molecule has 0 bridgehead atoms. The zero-order valence-corrected chi connectivity index (χ0v) is 45.2. The van der Waals surface area contributed by atoms with Crippen molar-refractivity contribution in [3.05, 3.63) is 36.5 Å². The molecule has 1 N–H and O–H groups in total. The first-order valence-electron chi connectivity index (χ1n) is 30.0. The average molecular weight is 942 g/mol. The van der Waals surface area contributed by atoms with Crippen molar-refractivity contribution in [1.82, 2.24) is 0 Å². The van der Waals surface area contributed by atoms with Crippen molar-refractivity contribution in [3.8, 4) is 0 Å². The second-order valence-corrected chi connectivity index (χ2v) is 20.4. The Kier molecular flexibility index (Phi) is 56.8. The van der Waals surface area contributed by atoms with Crippen molar-refractivity contribution in [2.24, 2.45) is 0 Å². The molecule has 0 aromatic carbocycles. The van der Waals surface area contributed by atoms with E-state index in [9.17, 15) is 14.7 Å². The van der Waals surface area contributed by atoms with Gasteiger partial charge in [-0.05, 0) is 51.4 Å².